The van der Waals surface area contributed by atoms with Crippen LogP contribution in [0.4, 0.5) is 0 Å². The molecule has 16 heavy (non-hydrogen) atoms. The minimum absolute atomic E-state index is 0.0752. The zero-order chi connectivity index (χ0) is 11.4. The maximum Gasteiger partial charge on any atom is 0.198 e. The van der Waals surface area contributed by atoms with Gasteiger partial charge in [-0.3, -0.25) is 0 Å². The van der Waals surface area contributed by atoms with Crippen LogP contribution < -0.4 is 0 Å². The van der Waals surface area contributed by atoms with E-state index in [1.165, 1.54) is 0 Å². The summed E-state index contributed by atoms with van der Waals surface area (Å²) in [7, 11) is 0. The lowest BCUT2D eigenvalue weighted by Gasteiger charge is -1.97. The average Bonchev–Trinajstić information content (AvgIpc) is 2.66. The van der Waals surface area contributed by atoms with Crippen molar-refractivity contribution in [3.63, 3.8) is 0 Å². The summed E-state index contributed by atoms with van der Waals surface area (Å²) in [6, 6.07) is 7.59. The number of benzene rings is 1. The second-order valence-electron chi connectivity index (χ2n) is 3.50. The van der Waals surface area contributed by atoms with Crippen LogP contribution in [0.25, 0.3) is 0 Å². The standard InChI is InChI=1S/C12H12ClNO2/c13-10-3-1-2-9(6-10)7-12-14-8-11(16-12)4-5-15/h1-3,6,8,15H,4-5,7H2. The Balaban J connectivity index is 2.08. The molecule has 0 unspecified atom stereocenters. The Morgan fingerprint density at radius 2 is 2.25 bits per heavy atom. The van der Waals surface area contributed by atoms with Crippen molar-refractivity contribution in [3.05, 3.63) is 52.7 Å². The Morgan fingerprint density at radius 3 is 3.00 bits per heavy atom. The first-order chi connectivity index (χ1) is 7.78. The first kappa shape index (κ1) is 11.2. The van der Waals surface area contributed by atoms with Gasteiger partial charge in [0, 0.05) is 17.9 Å². The van der Waals surface area contributed by atoms with Crippen molar-refractivity contribution in [1.82, 2.24) is 4.98 Å². The van der Waals surface area contributed by atoms with Crippen molar-refractivity contribution >= 4 is 11.6 Å². The molecule has 0 amide bonds. The molecule has 0 spiro atoms. The van der Waals surface area contributed by atoms with Crippen molar-refractivity contribution in [2.75, 3.05) is 6.61 Å². The van der Waals surface area contributed by atoms with Gasteiger partial charge in [-0.15, -0.1) is 0 Å². The Bertz CT molecular complexity index is 468. The highest BCUT2D eigenvalue weighted by molar-refractivity contribution is 6.30. The number of rotatable bonds is 4. The molecule has 0 aliphatic carbocycles. The molecule has 1 heterocycles. The van der Waals surface area contributed by atoms with E-state index in [4.69, 9.17) is 21.1 Å². The third kappa shape index (κ3) is 2.84. The minimum Gasteiger partial charge on any atom is -0.445 e. The van der Waals surface area contributed by atoms with Crippen molar-refractivity contribution in [3.8, 4) is 0 Å². The van der Waals surface area contributed by atoms with Gasteiger partial charge >= 0.3 is 0 Å². The maximum absolute atomic E-state index is 8.75. The largest absolute Gasteiger partial charge is 0.445 e. The SMILES string of the molecule is OCCc1cnc(Cc2cccc(Cl)c2)o1. The van der Waals surface area contributed by atoms with E-state index >= 15 is 0 Å². The molecular weight excluding hydrogens is 226 g/mol. The normalized spacial score (nSPS) is 10.6. The van der Waals surface area contributed by atoms with Crippen LogP contribution in [0.2, 0.25) is 5.02 Å². The molecule has 4 heteroatoms. The van der Waals surface area contributed by atoms with Gasteiger partial charge in [-0.1, -0.05) is 23.7 Å². The Labute approximate surface area is 98.7 Å². The third-order valence-corrected chi connectivity index (χ3v) is 2.44. The van der Waals surface area contributed by atoms with Gasteiger partial charge in [0.15, 0.2) is 5.89 Å². The average molecular weight is 238 g/mol. The van der Waals surface area contributed by atoms with Gasteiger partial charge in [-0.25, -0.2) is 4.98 Å². The number of hydrogen-bond acceptors (Lipinski definition) is 3. The lowest BCUT2D eigenvalue weighted by molar-refractivity contribution is 0.286. The molecule has 0 aliphatic rings. The summed E-state index contributed by atoms with van der Waals surface area (Å²) < 4.78 is 5.45. The van der Waals surface area contributed by atoms with E-state index in [0.29, 0.717) is 29.5 Å². The lowest BCUT2D eigenvalue weighted by Crippen LogP contribution is -1.88. The highest BCUT2D eigenvalue weighted by Gasteiger charge is 2.04. The number of aliphatic hydroxyl groups excluding tert-OH is 1. The highest BCUT2D eigenvalue weighted by atomic mass is 35.5. The number of halogens is 1. The summed E-state index contributed by atoms with van der Waals surface area (Å²) in [5.41, 5.74) is 1.06. The summed E-state index contributed by atoms with van der Waals surface area (Å²) >= 11 is 5.88. The van der Waals surface area contributed by atoms with Crippen molar-refractivity contribution in [2.45, 2.75) is 12.8 Å². The fourth-order valence-corrected chi connectivity index (χ4v) is 1.69. The molecule has 1 N–H and O–H groups in total. The van der Waals surface area contributed by atoms with E-state index in [2.05, 4.69) is 4.98 Å². The molecule has 3 nitrogen and oxygen atoms in total. The number of hydrogen-bond donors (Lipinski definition) is 1. The van der Waals surface area contributed by atoms with Crippen molar-refractivity contribution < 1.29 is 9.52 Å². The van der Waals surface area contributed by atoms with E-state index in [0.717, 1.165) is 5.56 Å². The summed E-state index contributed by atoms with van der Waals surface area (Å²) in [5.74, 6) is 1.35. The molecule has 0 atom stereocenters. The predicted octanol–water partition coefficient (Wildman–Crippen LogP) is 2.45. The number of aromatic nitrogens is 1. The molecule has 84 valence electrons. The van der Waals surface area contributed by atoms with Crippen LogP contribution in [0.3, 0.4) is 0 Å². The van der Waals surface area contributed by atoms with E-state index in [9.17, 15) is 0 Å². The summed E-state index contributed by atoms with van der Waals surface area (Å²) in [6.45, 7) is 0.0752. The second-order valence-corrected chi connectivity index (χ2v) is 3.94. The van der Waals surface area contributed by atoms with Crippen LogP contribution in [0, 0.1) is 0 Å². The van der Waals surface area contributed by atoms with Gasteiger partial charge in [0.2, 0.25) is 0 Å². The lowest BCUT2D eigenvalue weighted by atomic mass is 10.1. The number of oxazole rings is 1. The Kier molecular flexibility index (Phi) is 3.59. The van der Waals surface area contributed by atoms with E-state index in [-0.39, 0.29) is 6.61 Å². The summed E-state index contributed by atoms with van der Waals surface area (Å²) in [5, 5.41) is 9.46. The molecule has 0 saturated heterocycles. The molecule has 1 aromatic heterocycles. The van der Waals surface area contributed by atoms with Crippen LogP contribution in [0.1, 0.15) is 17.2 Å². The third-order valence-electron chi connectivity index (χ3n) is 2.20. The van der Waals surface area contributed by atoms with Crippen molar-refractivity contribution in [1.29, 1.82) is 0 Å². The first-order valence-electron chi connectivity index (χ1n) is 5.07. The van der Waals surface area contributed by atoms with Gasteiger partial charge in [0.1, 0.15) is 5.76 Å². The first-order valence-corrected chi connectivity index (χ1v) is 5.44. The van der Waals surface area contributed by atoms with Crippen LogP contribution in [0.5, 0.6) is 0 Å². The maximum atomic E-state index is 8.75. The van der Waals surface area contributed by atoms with Crippen LogP contribution in [-0.4, -0.2) is 16.7 Å². The zero-order valence-electron chi connectivity index (χ0n) is 8.69. The van der Waals surface area contributed by atoms with Crippen LogP contribution in [0.15, 0.2) is 34.9 Å². The van der Waals surface area contributed by atoms with Gasteiger partial charge in [-0.05, 0) is 17.7 Å². The van der Waals surface area contributed by atoms with Gasteiger partial charge < -0.3 is 9.52 Å². The number of aliphatic hydroxyl groups is 1. The van der Waals surface area contributed by atoms with Gasteiger partial charge in [0.05, 0.1) is 12.8 Å². The Morgan fingerprint density at radius 1 is 1.38 bits per heavy atom. The van der Waals surface area contributed by atoms with Crippen LogP contribution >= 0.6 is 11.6 Å². The van der Waals surface area contributed by atoms with E-state index in [1.807, 2.05) is 24.3 Å². The minimum atomic E-state index is 0.0752. The van der Waals surface area contributed by atoms with Gasteiger partial charge in [-0.2, -0.15) is 0 Å². The van der Waals surface area contributed by atoms with E-state index < -0.39 is 0 Å². The van der Waals surface area contributed by atoms with Gasteiger partial charge in [0.25, 0.3) is 0 Å². The Hall–Kier alpha value is -1.32. The van der Waals surface area contributed by atoms with Crippen molar-refractivity contribution in [2.24, 2.45) is 0 Å². The molecule has 0 aliphatic heterocycles. The quantitative estimate of drug-likeness (QED) is 0.889. The molecule has 1 aromatic carbocycles. The molecular formula is C12H12ClNO2. The van der Waals surface area contributed by atoms with E-state index in [1.54, 1.807) is 6.20 Å². The summed E-state index contributed by atoms with van der Waals surface area (Å²) in [4.78, 5) is 4.14. The molecule has 0 bridgehead atoms. The van der Waals surface area contributed by atoms with Crippen LogP contribution in [-0.2, 0) is 12.8 Å². The second kappa shape index (κ2) is 5.14. The highest BCUT2D eigenvalue weighted by Crippen LogP contribution is 2.15. The molecule has 0 fully saturated rings. The molecule has 0 saturated carbocycles. The molecule has 2 rings (SSSR count). The molecule has 0 radical (unpaired) electrons. The zero-order valence-corrected chi connectivity index (χ0v) is 9.44. The molecule has 2 aromatic rings. The predicted molar refractivity (Wildman–Crippen MR) is 61.6 cm³/mol. The fraction of sp³-hybridized carbons (Fsp3) is 0.250. The topological polar surface area (TPSA) is 46.3 Å². The fourth-order valence-electron chi connectivity index (χ4n) is 1.48. The monoisotopic (exact) mass is 237 g/mol. The number of nitrogens with zero attached hydrogens (tertiary/aromatic N) is 1. The summed E-state index contributed by atoms with van der Waals surface area (Å²) in [6.07, 6.45) is 2.77. The smallest absolute Gasteiger partial charge is 0.198 e.